The molecule has 1 aliphatic heterocycles. The second kappa shape index (κ2) is 3.25. The van der Waals surface area contributed by atoms with Crippen molar-refractivity contribution in [1.29, 1.82) is 0 Å². The Morgan fingerprint density at radius 2 is 2.50 bits per heavy atom. The largest absolute Gasteiger partial charge is 0.396 e. The average Bonchev–Trinajstić information content (AvgIpc) is 2.47. The minimum absolute atomic E-state index is 0.314. The highest BCUT2D eigenvalue weighted by Gasteiger charge is 2.25. The summed E-state index contributed by atoms with van der Waals surface area (Å²) in [5.74, 6) is 1.49. The normalized spacial score (nSPS) is 19.4. The Labute approximate surface area is 71.2 Å². The first-order valence-electron chi connectivity index (χ1n) is 4.20. The number of aromatic amines is 1. The molecule has 1 aliphatic rings. The van der Waals surface area contributed by atoms with Gasteiger partial charge in [0, 0.05) is 38.0 Å². The maximum absolute atomic E-state index is 8.78. The summed E-state index contributed by atoms with van der Waals surface area (Å²) in [6, 6.07) is 0. The van der Waals surface area contributed by atoms with Crippen LogP contribution in [0, 0.1) is 5.92 Å². The van der Waals surface area contributed by atoms with Crippen molar-refractivity contribution in [1.82, 2.24) is 14.9 Å². The fourth-order valence-corrected chi connectivity index (χ4v) is 1.52. The lowest BCUT2D eigenvalue weighted by Gasteiger charge is -2.37. The maximum atomic E-state index is 8.78. The van der Waals surface area contributed by atoms with Crippen molar-refractivity contribution in [3.8, 4) is 0 Å². The van der Waals surface area contributed by atoms with E-state index in [1.807, 2.05) is 6.20 Å². The van der Waals surface area contributed by atoms with Gasteiger partial charge in [0.25, 0.3) is 0 Å². The van der Waals surface area contributed by atoms with Crippen LogP contribution in [0.25, 0.3) is 0 Å². The molecular weight excluding hydrogens is 154 g/mol. The molecular formula is C8H13N3O. The first-order valence-corrected chi connectivity index (χ1v) is 4.20. The van der Waals surface area contributed by atoms with Gasteiger partial charge in [-0.15, -0.1) is 0 Å². The summed E-state index contributed by atoms with van der Waals surface area (Å²) in [6.07, 6.45) is 3.59. The van der Waals surface area contributed by atoms with E-state index in [4.69, 9.17) is 5.11 Å². The van der Waals surface area contributed by atoms with E-state index < -0.39 is 0 Å². The van der Waals surface area contributed by atoms with Crippen LogP contribution in [-0.4, -0.2) is 39.7 Å². The molecule has 1 aromatic heterocycles. The number of aromatic nitrogens is 2. The van der Waals surface area contributed by atoms with Crippen molar-refractivity contribution in [3.63, 3.8) is 0 Å². The molecule has 1 fully saturated rings. The Bertz CT molecular complexity index is 228. The zero-order chi connectivity index (χ0) is 8.39. The van der Waals surface area contributed by atoms with Gasteiger partial charge < -0.3 is 10.1 Å². The van der Waals surface area contributed by atoms with Gasteiger partial charge in [0.2, 0.25) is 0 Å². The molecule has 0 saturated carbocycles. The number of hydrogen-bond donors (Lipinski definition) is 2. The van der Waals surface area contributed by atoms with Crippen LogP contribution in [0.1, 0.15) is 5.82 Å². The third-order valence-electron chi connectivity index (χ3n) is 2.22. The van der Waals surface area contributed by atoms with Crippen LogP contribution in [0.3, 0.4) is 0 Å². The van der Waals surface area contributed by atoms with Gasteiger partial charge in [0.05, 0.1) is 6.54 Å². The van der Waals surface area contributed by atoms with Gasteiger partial charge >= 0.3 is 0 Å². The number of aliphatic hydroxyl groups is 1. The molecule has 0 atom stereocenters. The van der Waals surface area contributed by atoms with Crippen LogP contribution in [-0.2, 0) is 6.54 Å². The van der Waals surface area contributed by atoms with Crippen LogP contribution in [0.5, 0.6) is 0 Å². The van der Waals surface area contributed by atoms with Crippen LogP contribution in [0.4, 0.5) is 0 Å². The third kappa shape index (κ3) is 1.49. The number of imidazole rings is 1. The van der Waals surface area contributed by atoms with Crippen molar-refractivity contribution in [2.24, 2.45) is 5.92 Å². The van der Waals surface area contributed by atoms with Gasteiger partial charge in [-0.25, -0.2) is 4.98 Å². The molecule has 2 rings (SSSR count). The van der Waals surface area contributed by atoms with E-state index in [2.05, 4.69) is 14.9 Å². The molecule has 0 aliphatic carbocycles. The Morgan fingerprint density at radius 1 is 1.67 bits per heavy atom. The molecule has 66 valence electrons. The van der Waals surface area contributed by atoms with Crippen molar-refractivity contribution in [3.05, 3.63) is 18.2 Å². The number of rotatable bonds is 3. The third-order valence-corrected chi connectivity index (χ3v) is 2.22. The average molecular weight is 167 g/mol. The smallest absolute Gasteiger partial charge is 0.120 e. The molecule has 1 saturated heterocycles. The predicted molar refractivity (Wildman–Crippen MR) is 44.4 cm³/mol. The molecule has 2 heterocycles. The SMILES string of the molecule is OCC1CN(Cc2ncc[nH]2)C1. The summed E-state index contributed by atoms with van der Waals surface area (Å²) in [7, 11) is 0. The summed E-state index contributed by atoms with van der Waals surface area (Å²) in [5, 5.41) is 8.78. The van der Waals surface area contributed by atoms with E-state index in [0.717, 1.165) is 25.5 Å². The summed E-state index contributed by atoms with van der Waals surface area (Å²) < 4.78 is 0. The first kappa shape index (κ1) is 7.76. The van der Waals surface area contributed by atoms with Crippen molar-refractivity contribution in [2.75, 3.05) is 19.7 Å². The second-order valence-corrected chi connectivity index (χ2v) is 3.28. The molecule has 4 nitrogen and oxygen atoms in total. The molecule has 4 heteroatoms. The molecule has 1 aromatic rings. The fraction of sp³-hybridized carbons (Fsp3) is 0.625. The van der Waals surface area contributed by atoms with Gasteiger partial charge in [0.15, 0.2) is 0 Å². The summed E-state index contributed by atoms with van der Waals surface area (Å²) in [6.45, 7) is 3.19. The van der Waals surface area contributed by atoms with Gasteiger partial charge in [-0.3, -0.25) is 4.90 Å². The highest BCUT2D eigenvalue weighted by molar-refractivity contribution is 4.90. The number of nitrogens with one attached hydrogen (secondary N) is 1. The second-order valence-electron chi connectivity index (χ2n) is 3.28. The molecule has 0 radical (unpaired) electrons. The topological polar surface area (TPSA) is 52.1 Å². The van der Waals surface area contributed by atoms with Gasteiger partial charge in [-0.1, -0.05) is 0 Å². The standard InChI is InChI=1S/C8H13N3O/c12-6-7-3-11(4-7)5-8-9-1-2-10-8/h1-2,7,12H,3-6H2,(H,9,10). The van der Waals surface area contributed by atoms with E-state index in [1.165, 1.54) is 0 Å². The molecule has 0 bridgehead atoms. The molecule has 0 spiro atoms. The van der Waals surface area contributed by atoms with Crippen molar-refractivity contribution < 1.29 is 5.11 Å². The number of hydrogen-bond acceptors (Lipinski definition) is 3. The minimum atomic E-state index is 0.314. The van der Waals surface area contributed by atoms with Gasteiger partial charge in [0.1, 0.15) is 5.82 Å². The minimum Gasteiger partial charge on any atom is -0.396 e. The highest BCUT2D eigenvalue weighted by atomic mass is 16.3. The number of aliphatic hydroxyl groups excluding tert-OH is 1. The monoisotopic (exact) mass is 167 g/mol. The van der Waals surface area contributed by atoms with E-state index in [-0.39, 0.29) is 0 Å². The van der Waals surface area contributed by atoms with Crippen LogP contribution in [0.15, 0.2) is 12.4 Å². The molecule has 0 aromatic carbocycles. The Morgan fingerprint density at radius 3 is 3.08 bits per heavy atom. The quantitative estimate of drug-likeness (QED) is 0.657. The van der Waals surface area contributed by atoms with E-state index >= 15 is 0 Å². The summed E-state index contributed by atoms with van der Waals surface area (Å²) in [5.41, 5.74) is 0. The molecule has 0 amide bonds. The summed E-state index contributed by atoms with van der Waals surface area (Å²) in [4.78, 5) is 9.45. The fourth-order valence-electron chi connectivity index (χ4n) is 1.52. The molecule has 0 unspecified atom stereocenters. The molecule has 2 N–H and O–H groups in total. The summed E-state index contributed by atoms with van der Waals surface area (Å²) >= 11 is 0. The van der Waals surface area contributed by atoms with Crippen LogP contribution >= 0.6 is 0 Å². The lowest BCUT2D eigenvalue weighted by atomic mass is 10.0. The zero-order valence-corrected chi connectivity index (χ0v) is 6.90. The van der Waals surface area contributed by atoms with Crippen molar-refractivity contribution in [2.45, 2.75) is 6.54 Å². The van der Waals surface area contributed by atoms with E-state index in [9.17, 15) is 0 Å². The lowest BCUT2D eigenvalue weighted by molar-refractivity contribution is 0.0461. The Kier molecular flexibility index (Phi) is 2.10. The van der Waals surface area contributed by atoms with E-state index in [1.54, 1.807) is 6.20 Å². The van der Waals surface area contributed by atoms with Crippen LogP contribution in [0.2, 0.25) is 0 Å². The van der Waals surface area contributed by atoms with Gasteiger partial charge in [-0.2, -0.15) is 0 Å². The number of H-pyrrole nitrogens is 1. The first-order chi connectivity index (χ1) is 5.88. The van der Waals surface area contributed by atoms with Crippen LogP contribution < -0.4 is 0 Å². The van der Waals surface area contributed by atoms with E-state index in [0.29, 0.717) is 12.5 Å². The Hall–Kier alpha value is -0.870. The highest BCUT2D eigenvalue weighted by Crippen LogP contribution is 2.15. The number of likely N-dealkylation sites (tertiary alicyclic amines) is 1. The predicted octanol–water partition coefficient (Wildman–Crippen LogP) is -0.166. The number of nitrogens with zero attached hydrogens (tertiary/aromatic N) is 2. The Balaban J connectivity index is 1.77. The van der Waals surface area contributed by atoms with Gasteiger partial charge in [-0.05, 0) is 0 Å². The molecule has 12 heavy (non-hydrogen) atoms. The zero-order valence-electron chi connectivity index (χ0n) is 6.90. The lowest BCUT2D eigenvalue weighted by Crippen LogP contribution is -2.47. The van der Waals surface area contributed by atoms with Crippen molar-refractivity contribution >= 4 is 0 Å². The maximum Gasteiger partial charge on any atom is 0.120 e.